The first-order valence-corrected chi connectivity index (χ1v) is 7.10. The molecule has 3 aromatic rings. The van der Waals surface area contributed by atoms with Crippen LogP contribution in [-0.4, -0.2) is 19.5 Å². The summed E-state index contributed by atoms with van der Waals surface area (Å²) in [5.41, 5.74) is 1.45. The van der Waals surface area contributed by atoms with E-state index < -0.39 is 5.95 Å². The standard InChI is InChI=1S/C16H13ClN2O4/c1-21-13-9-12(14(22-2)8-11(13)17)19-15(16(20)23-18-19)10-6-4-3-5-7-10/h3-9H,1-2H3. The van der Waals surface area contributed by atoms with Crippen molar-refractivity contribution in [3.8, 4) is 34.4 Å². The van der Waals surface area contributed by atoms with Crippen LogP contribution in [-0.2, 0) is 0 Å². The van der Waals surface area contributed by atoms with Crippen LogP contribution in [0.1, 0.15) is 0 Å². The van der Waals surface area contributed by atoms with Gasteiger partial charge >= 0.3 is 0 Å². The van der Waals surface area contributed by atoms with Crippen LogP contribution >= 0.6 is 11.6 Å². The smallest absolute Gasteiger partial charge is 0.285 e. The summed E-state index contributed by atoms with van der Waals surface area (Å²) in [6.07, 6.45) is 0. The molecule has 0 bridgehead atoms. The summed E-state index contributed by atoms with van der Waals surface area (Å²) in [5, 5.41) is 16.3. The van der Waals surface area contributed by atoms with Crippen molar-refractivity contribution in [1.29, 1.82) is 0 Å². The number of hydrogen-bond acceptors (Lipinski definition) is 5. The highest BCUT2D eigenvalue weighted by atomic mass is 35.5. The van der Waals surface area contributed by atoms with Gasteiger partial charge in [-0.2, -0.15) is 0 Å². The Kier molecular flexibility index (Phi) is 4.08. The Balaban J connectivity index is 2.25. The van der Waals surface area contributed by atoms with Crippen LogP contribution in [0.25, 0.3) is 16.9 Å². The fraction of sp³-hybridized carbons (Fsp3) is 0.125. The topological polar surface area (TPSA) is 71.4 Å². The Morgan fingerprint density at radius 3 is 2.43 bits per heavy atom. The number of rotatable bonds is 4. The SMILES string of the molecule is COc1cc(-[n+]2noc([O-])c2-c2ccccc2)c(OC)cc1Cl. The largest absolute Gasteiger partial charge is 0.539 e. The van der Waals surface area contributed by atoms with Crippen LogP contribution < -0.4 is 19.3 Å². The second-order valence-corrected chi connectivity index (χ2v) is 5.05. The van der Waals surface area contributed by atoms with Gasteiger partial charge in [0.05, 0.1) is 36.1 Å². The van der Waals surface area contributed by atoms with Crippen molar-refractivity contribution < 1.29 is 23.8 Å². The summed E-state index contributed by atoms with van der Waals surface area (Å²) in [4.78, 5) is 0. The van der Waals surface area contributed by atoms with Gasteiger partial charge in [0.1, 0.15) is 5.75 Å². The second kappa shape index (κ2) is 6.18. The monoisotopic (exact) mass is 332 g/mol. The van der Waals surface area contributed by atoms with Crippen molar-refractivity contribution in [2.45, 2.75) is 0 Å². The van der Waals surface area contributed by atoms with E-state index in [4.69, 9.17) is 25.6 Å². The lowest BCUT2D eigenvalue weighted by atomic mass is 10.1. The minimum atomic E-state index is -0.549. The van der Waals surface area contributed by atoms with E-state index >= 15 is 0 Å². The lowest BCUT2D eigenvalue weighted by molar-refractivity contribution is -0.660. The van der Waals surface area contributed by atoms with Crippen molar-refractivity contribution in [2.24, 2.45) is 0 Å². The van der Waals surface area contributed by atoms with Gasteiger partial charge in [-0.15, -0.1) is 0 Å². The van der Waals surface area contributed by atoms with Gasteiger partial charge in [0.25, 0.3) is 11.4 Å². The van der Waals surface area contributed by atoms with E-state index in [2.05, 4.69) is 5.27 Å². The van der Waals surface area contributed by atoms with Crippen LogP contribution in [0, 0.1) is 0 Å². The highest BCUT2D eigenvalue weighted by molar-refractivity contribution is 6.32. The zero-order chi connectivity index (χ0) is 16.4. The van der Waals surface area contributed by atoms with Crippen molar-refractivity contribution >= 4 is 11.6 Å². The van der Waals surface area contributed by atoms with E-state index in [1.165, 1.54) is 18.9 Å². The molecule has 0 aliphatic heterocycles. The molecule has 0 unspecified atom stereocenters. The molecule has 118 valence electrons. The maximum atomic E-state index is 12.1. The summed E-state index contributed by atoms with van der Waals surface area (Å²) >= 11 is 6.11. The molecule has 7 heteroatoms. The summed E-state index contributed by atoms with van der Waals surface area (Å²) in [5.74, 6) is 0.322. The maximum Gasteiger partial charge on any atom is 0.285 e. The van der Waals surface area contributed by atoms with Crippen molar-refractivity contribution in [2.75, 3.05) is 14.2 Å². The molecule has 0 amide bonds. The van der Waals surface area contributed by atoms with Gasteiger partial charge in [0.15, 0.2) is 11.7 Å². The van der Waals surface area contributed by atoms with E-state index in [0.717, 1.165) is 0 Å². The third kappa shape index (κ3) is 2.68. The number of halogens is 1. The third-order valence-electron chi connectivity index (χ3n) is 3.34. The zero-order valence-electron chi connectivity index (χ0n) is 12.4. The van der Waals surface area contributed by atoms with Crippen LogP contribution in [0.5, 0.6) is 17.4 Å². The number of methoxy groups -OCH3 is 2. The molecule has 0 radical (unpaired) electrons. The van der Waals surface area contributed by atoms with Crippen molar-refractivity contribution in [3.63, 3.8) is 0 Å². The first-order chi connectivity index (χ1) is 11.2. The zero-order valence-corrected chi connectivity index (χ0v) is 13.2. The number of aromatic nitrogens is 2. The number of benzene rings is 2. The maximum absolute atomic E-state index is 12.1. The molecule has 2 aromatic carbocycles. The molecule has 0 saturated heterocycles. The van der Waals surface area contributed by atoms with Gasteiger partial charge < -0.3 is 19.1 Å². The Labute approximate surface area is 137 Å². The van der Waals surface area contributed by atoms with Crippen LogP contribution in [0.4, 0.5) is 0 Å². The van der Waals surface area contributed by atoms with Gasteiger partial charge in [0, 0.05) is 6.07 Å². The lowest BCUT2D eigenvalue weighted by Crippen LogP contribution is -2.35. The molecule has 0 saturated carbocycles. The minimum Gasteiger partial charge on any atom is -0.539 e. The molecular formula is C16H13ClN2O4. The van der Waals surface area contributed by atoms with Crippen molar-refractivity contribution in [1.82, 2.24) is 5.27 Å². The number of hydrogen-bond donors (Lipinski definition) is 0. The Morgan fingerprint density at radius 1 is 1.09 bits per heavy atom. The van der Waals surface area contributed by atoms with Gasteiger partial charge in [-0.25, -0.2) is 0 Å². The van der Waals surface area contributed by atoms with Gasteiger partial charge in [0.2, 0.25) is 0 Å². The summed E-state index contributed by atoms with van der Waals surface area (Å²) in [6.45, 7) is 0. The molecule has 0 atom stereocenters. The minimum absolute atomic E-state index is 0.285. The molecule has 1 aromatic heterocycles. The Morgan fingerprint density at radius 2 is 1.78 bits per heavy atom. The van der Waals surface area contributed by atoms with E-state index in [1.807, 2.05) is 18.2 Å². The average molecular weight is 333 g/mol. The molecule has 0 fully saturated rings. The molecule has 0 N–H and O–H groups in total. The van der Waals surface area contributed by atoms with Crippen LogP contribution in [0.2, 0.25) is 5.02 Å². The average Bonchev–Trinajstić information content (AvgIpc) is 2.96. The van der Waals surface area contributed by atoms with Gasteiger partial charge in [-0.3, -0.25) is 0 Å². The van der Waals surface area contributed by atoms with E-state index in [1.54, 1.807) is 24.3 Å². The quantitative estimate of drug-likeness (QED) is 0.686. The highest BCUT2D eigenvalue weighted by Gasteiger charge is 2.27. The molecule has 0 aliphatic rings. The highest BCUT2D eigenvalue weighted by Crippen LogP contribution is 2.34. The number of ether oxygens (including phenoxy) is 2. The van der Waals surface area contributed by atoms with Gasteiger partial charge in [-0.05, 0) is 16.8 Å². The van der Waals surface area contributed by atoms with Crippen LogP contribution in [0.15, 0.2) is 47.0 Å². The van der Waals surface area contributed by atoms with Crippen molar-refractivity contribution in [3.05, 3.63) is 47.5 Å². The molecule has 3 rings (SSSR count). The number of nitrogens with zero attached hydrogens (tertiary/aromatic N) is 2. The fourth-order valence-electron chi connectivity index (χ4n) is 2.26. The normalized spacial score (nSPS) is 10.6. The third-order valence-corrected chi connectivity index (χ3v) is 3.63. The predicted octanol–water partition coefficient (Wildman–Crippen LogP) is 2.36. The fourth-order valence-corrected chi connectivity index (χ4v) is 2.49. The van der Waals surface area contributed by atoms with E-state index in [0.29, 0.717) is 27.8 Å². The lowest BCUT2D eigenvalue weighted by Gasteiger charge is -2.07. The van der Waals surface area contributed by atoms with E-state index in [-0.39, 0.29) is 5.69 Å². The summed E-state index contributed by atoms with van der Waals surface area (Å²) < 4.78 is 16.8. The second-order valence-electron chi connectivity index (χ2n) is 4.65. The molecule has 23 heavy (non-hydrogen) atoms. The summed E-state index contributed by atoms with van der Waals surface area (Å²) in [7, 11) is 3.00. The first-order valence-electron chi connectivity index (χ1n) is 6.72. The van der Waals surface area contributed by atoms with Crippen LogP contribution in [0.3, 0.4) is 0 Å². The summed E-state index contributed by atoms with van der Waals surface area (Å²) in [6, 6.07) is 12.3. The molecule has 0 spiro atoms. The van der Waals surface area contributed by atoms with E-state index in [9.17, 15) is 5.11 Å². The molecular weight excluding hydrogens is 320 g/mol. The predicted molar refractivity (Wildman–Crippen MR) is 81.0 cm³/mol. The Hall–Kier alpha value is -2.73. The first kappa shape index (κ1) is 15.2. The molecule has 6 nitrogen and oxygen atoms in total. The molecule has 1 heterocycles. The Bertz CT molecular complexity index is 834. The van der Waals surface area contributed by atoms with Gasteiger partial charge in [-0.1, -0.05) is 29.8 Å². The molecule has 0 aliphatic carbocycles.